The van der Waals surface area contributed by atoms with Gasteiger partial charge in [0.25, 0.3) is 0 Å². The van der Waals surface area contributed by atoms with Gasteiger partial charge in [-0.2, -0.15) is 0 Å². The fourth-order valence-electron chi connectivity index (χ4n) is 1.70. The van der Waals surface area contributed by atoms with Crippen LogP contribution in [0.25, 0.3) is 0 Å². The van der Waals surface area contributed by atoms with Gasteiger partial charge in [0.15, 0.2) is 12.0 Å². The summed E-state index contributed by atoms with van der Waals surface area (Å²) in [5.41, 5.74) is 3.85. The van der Waals surface area contributed by atoms with Crippen LogP contribution in [-0.2, 0) is 9.59 Å². The van der Waals surface area contributed by atoms with Crippen LogP contribution in [0.4, 0.5) is 0 Å². The van der Waals surface area contributed by atoms with Gasteiger partial charge in [-0.25, -0.2) is 0 Å². The number of primary amides is 1. The lowest BCUT2D eigenvalue weighted by molar-refractivity contribution is -0.154. The van der Waals surface area contributed by atoms with Gasteiger partial charge in [0.05, 0.1) is 0 Å². The summed E-state index contributed by atoms with van der Waals surface area (Å²) in [7, 11) is 3.01. The summed E-state index contributed by atoms with van der Waals surface area (Å²) in [6.07, 6.45) is 0.329. The Kier molecular flexibility index (Phi) is 3.98. The van der Waals surface area contributed by atoms with Gasteiger partial charge in [-0.05, 0) is 19.7 Å². The van der Waals surface area contributed by atoms with Crippen molar-refractivity contribution < 1.29 is 14.7 Å². The minimum Gasteiger partial charge on any atom is -0.369 e. The fourth-order valence-corrected chi connectivity index (χ4v) is 1.70. The second-order valence-electron chi connectivity index (χ2n) is 4.04. The number of aliphatic hydroxyl groups is 1. The van der Waals surface area contributed by atoms with E-state index in [1.165, 1.54) is 19.0 Å². The van der Waals surface area contributed by atoms with Gasteiger partial charge in [-0.1, -0.05) is 30.3 Å². The van der Waals surface area contributed by atoms with Gasteiger partial charge in [0.2, 0.25) is 5.91 Å². The third-order valence-electron chi connectivity index (χ3n) is 2.73. The van der Waals surface area contributed by atoms with E-state index in [1.54, 1.807) is 30.3 Å². The van der Waals surface area contributed by atoms with Gasteiger partial charge in [0.1, 0.15) is 5.92 Å². The smallest absolute Gasteiger partial charge is 0.229 e. The molecular weight excluding hydrogens is 220 g/mol. The number of hydrogen-bond donors (Lipinski definition) is 2. The zero-order valence-electron chi connectivity index (χ0n) is 9.83. The van der Waals surface area contributed by atoms with E-state index in [4.69, 9.17) is 5.73 Å². The van der Waals surface area contributed by atoms with Crippen LogP contribution in [0.3, 0.4) is 0 Å². The third kappa shape index (κ3) is 2.51. The lowest BCUT2D eigenvalue weighted by Gasteiger charge is -2.35. The van der Waals surface area contributed by atoms with Crippen molar-refractivity contribution in [3.05, 3.63) is 35.9 Å². The summed E-state index contributed by atoms with van der Waals surface area (Å²) < 4.78 is 0. The van der Waals surface area contributed by atoms with Crippen molar-refractivity contribution in [3.8, 4) is 0 Å². The molecule has 0 aliphatic heterocycles. The Balaban J connectivity index is 3.27. The zero-order valence-corrected chi connectivity index (χ0v) is 9.83. The Morgan fingerprint density at radius 1 is 1.41 bits per heavy atom. The Morgan fingerprint density at radius 3 is 2.29 bits per heavy atom. The molecule has 0 fully saturated rings. The summed E-state index contributed by atoms with van der Waals surface area (Å²) >= 11 is 0. The Bertz CT molecular complexity index is 405. The molecule has 1 aromatic rings. The molecule has 92 valence electrons. The average molecular weight is 236 g/mol. The molecule has 0 saturated heterocycles. The number of nitrogens with zero attached hydrogens (tertiary/aromatic N) is 1. The van der Waals surface area contributed by atoms with Crippen LogP contribution in [0, 0.1) is 0 Å². The Labute approximate surface area is 99.8 Å². The number of amides is 1. The van der Waals surface area contributed by atoms with Crippen LogP contribution in [0.15, 0.2) is 30.3 Å². The highest BCUT2D eigenvalue weighted by Gasteiger charge is 2.43. The number of nitrogens with two attached hydrogens (primary N) is 1. The van der Waals surface area contributed by atoms with Crippen molar-refractivity contribution in [3.63, 3.8) is 0 Å². The first-order valence-electron chi connectivity index (χ1n) is 5.14. The number of carbonyl (C=O) groups is 2. The van der Waals surface area contributed by atoms with Crippen LogP contribution < -0.4 is 5.73 Å². The molecule has 0 heterocycles. The zero-order chi connectivity index (χ0) is 13.1. The summed E-state index contributed by atoms with van der Waals surface area (Å²) in [6.45, 7) is 0. The molecule has 17 heavy (non-hydrogen) atoms. The molecule has 0 bridgehead atoms. The normalized spacial score (nSPS) is 16.2. The molecule has 1 amide bonds. The van der Waals surface area contributed by atoms with Gasteiger partial charge >= 0.3 is 0 Å². The number of carbonyl (C=O) groups excluding carboxylic acids is 2. The lowest BCUT2D eigenvalue weighted by Crippen LogP contribution is -2.54. The highest BCUT2D eigenvalue weighted by molar-refractivity contribution is 5.88. The molecule has 0 radical (unpaired) electrons. The first-order valence-corrected chi connectivity index (χ1v) is 5.14. The van der Waals surface area contributed by atoms with Crippen LogP contribution in [-0.4, -0.2) is 42.0 Å². The van der Waals surface area contributed by atoms with E-state index in [0.29, 0.717) is 11.8 Å². The number of benzene rings is 1. The highest BCUT2D eigenvalue weighted by Crippen LogP contribution is 2.28. The van der Waals surface area contributed by atoms with Crippen LogP contribution in [0.5, 0.6) is 0 Å². The predicted molar refractivity (Wildman–Crippen MR) is 63.1 cm³/mol. The molecule has 0 aliphatic rings. The molecule has 5 heteroatoms. The molecule has 2 atom stereocenters. The first kappa shape index (κ1) is 13.3. The van der Waals surface area contributed by atoms with Crippen LogP contribution in [0.1, 0.15) is 11.5 Å². The molecule has 0 spiro atoms. The van der Waals surface area contributed by atoms with Crippen molar-refractivity contribution in [1.29, 1.82) is 0 Å². The number of aldehydes is 1. The van der Waals surface area contributed by atoms with E-state index >= 15 is 0 Å². The second kappa shape index (κ2) is 5.07. The van der Waals surface area contributed by atoms with Gasteiger partial charge < -0.3 is 10.8 Å². The van der Waals surface area contributed by atoms with Gasteiger partial charge in [0, 0.05) is 0 Å². The quantitative estimate of drug-likeness (QED) is 0.543. The lowest BCUT2D eigenvalue weighted by atomic mass is 9.87. The second-order valence-corrected chi connectivity index (χ2v) is 4.04. The average Bonchev–Trinajstić information content (AvgIpc) is 2.29. The van der Waals surface area contributed by atoms with Crippen molar-refractivity contribution in [2.45, 2.75) is 11.6 Å². The fraction of sp³-hybridized carbons (Fsp3) is 0.333. The summed E-state index contributed by atoms with van der Waals surface area (Å²) in [5.74, 6) is -1.85. The molecule has 0 unspecified atom stereocenters. The molecule has 0 aromatic heterocycles. The third-order valence-corrected chi connectivity index (χ3v) is 2.73. The van der Waals surface area contributed by atoms with Crippen molar-refractivity contribution in [1.82, 2.24) is 4.90 Å². The van der Waals surface area contributed by atoms with E-state index in [0.717, 1.165) is 0 Å². The van der Waals surface area contributed by atoms with E-state index in [1.807, 2.05) is 0 Å². The van der Waals surface area contributed by atoms with E-state index < -0.39 is 17.6 Å². The molecule has 0 saturated carbocycles. The molecule has 0 aliphatic carbocycles. The van der Waals surface area contributed by atoms with Crippen molar-refractivity contribution >= 4 is 12.2 Å². The Morgan fingerprint density at radius 2 is 1.94 bits per heavy atom. The monoisotopic (exact) mass is 236 g/mol. The van der Waals surface area contributed by atoms with Gasteiger partial charge in [-0.3, -0.25) is 14.5 Å². The predicted octanol–water partition coefficient (Wildman–Crippen LogP) is -0.295. The van der Waals surface area contributed by atoms with Crippen LogP contribution >= 0.6 is 0 Å². The molecule has 1 rings (SSSR count). The molecule has 5 nitrogen and oxygen atoms in total. The Hall–Kier alpha value is -1.72. The standard InChI is InChI=1S/C12H16N2O3/c1-14(2)12(17,8-15)10(11(13)16)9-6-4-3-5-7-9/h3-8,10,17H,1-2H3,(H2,13,16)/t10-,12-/m0/s1. The van der Waals surface area contributed by atoms with Gasteiger partial charge in [-0.15, -0.1) is 0 Å². The highest BCUT2D eigenvalue weighted by atomic mass is 16.3. The topological polar surface area (TPSA) is 83.6 Å². The summed E-state index contributed by atoms with van der Waals surface area (Å²) in [6, 6.07) is 8.50. The van der Waals surface area contributed by atoms with E-state index in [2.05, 4.69) is 0 Å². The summed E-state index contributed by atoms with van der Waals surface area (Å²) in [4.78, 5) is 23.8. The van der Waals surface area contributed by atoms with Crippen LogP contribution in [0.2, 0.25) is 0 Å². The maximum atomic E-state index is 11.5. The SMILES string of the molecule is CN(C)[C@](O)(C=O)[C@H](C(N)=O)c1ccccc1. The molecular formula is C12H16N2O3. The van der Waals surface area contributed by atoms with E-state index in [-0.39, 0.29) is 0 Å². The van der Waals surface area contributed by atoms with Crippen molar-refractivity contribution in [2.24, 2.45) is 5.73 Å². The maximum absolute atomic E-state index is 11.5. The van der Waals surface area contributed by atoms with E-state index in [9.17, 15) is 14.7 Å². The molecule has 1 aromatic carbocycles. The summed E-state index contributed by atoms with van der Waals surface area (Å²) in [5, 5.41) is 10.2. The minimum atomic E-state index is -1.94. The number of rotatable bonds is 5. The maximum Gasteiger partial charge on any atom is 0.229 e. The first-order chi connectivity index (χ1) is 7.93. The number of likely N-dealkylation sites (N-methyl/N-ethyl adjacent to an activating group) is 1. The van der Waals surface area contributed by atoms with Crippen molar-refractivity contribution in [2.75, 3.05) is 14.1 Å². The molecule has 3 N–H and O–H groups in total. The minimum absolute atomic E-state index is 0.329. The largest absolute Gasteiger partial charge is 0.369 e. The number of hydrogen-bond acceptors (Lipinski definition) is 4.